The van der Waals surface area contributed by atoms with E-state index in [1.165, 1.54) is 7.11 Å². The van der Waals surface area contributed by atoms with Crippen molar-refractivity contribution >= 4 is 72.1 Å². The molecule has 10 aliphatic heterocycles. The van der Waals surface area contributed by atoms with Crippen molar-refractivity contribution in [3.8, 4) is 11.5 Å². The van der Waals surface area contributed by atoms with Gasteiger partial charge in [0.1, 0.15) is 34.5 Å². The minimum atomic E-state index is -3.55. The smallest absolute Gasteiger partial charge is 0.332 e. The highest BCUT2D eigenvalue weighted by atomic mass is 31.2. The zero-order chi connectivity index (χ0) is 93.2. The number of primary amides is 2. The average Bonchev–Trinajstić information content (AvgIpc) is 1.44. The summed E-state index contributed by atoms with van der Waals surface area (Å²) in [7, 11) is 1.92. The van der Waals surface area contributed by atoms with Gasteiger partial charge >= 0.3 is 21.2 Å². The predicted molar refractivity (Wildman–Crippen MR) is 498 cm³/mol. The molecule has 710 valence electrons. The molecule has 2 spiro atoms. The lowest BCUT2D eigenvalue weighted by Gasteiger charge is -2.63. The first-order chi connectivity index (χ1) is 62.0. The van der Waals surface area contributed by atoms with Crippen molar-refractivity contribution in [1.29, 1.82) is 0 Å². The Morgan fingerprint density at radius 3 is 1.33 bits per heavy atom. The number of hydrogen-bond donors (Lipinski definition) is 12. The van der Waals surface area contributed by atoms with Gasteiger partial charge in [0, 0.05) is 181 Å². The molecule has 130 heavy (non-hydrogen) atoms. The number of fused-ring (bicyclic) bond motifs is 12. The third-order valence-electron chi connectivity index (χ3n) is 32.7. The molecule has 15 N–H and O–H groups in total. The van der Waals surface area contributed by atoms with Gasteiger partial charge in [0.25, 0.3) is 11.8 Å². The molecule has 0 radical (unpaired) electrons. The summed E-state index contributed by atoms with van der Waals surface area (Å²) in [6.45, 7) is 23.1. The van der Waals surface area contributed by atoms with Crippen LogP contribution >= 0.6 is 15.2 Å². The van der Waals surface area contributed by atoms with Crippen LogP contribution in [0.2, 0.25) is 0 Å². The molecule has 18 rings (SSSR count). The second-order valence-corrected chi connectivity index (χ2v) is 43.2. The largest absolute Gasteiger partial charge is 0.496 e. The number of piperidine rings is 2. The van der Waals surface area contributed by atoms with Crippen LogP contribution in [0.25, 0.3) is 21.8 Å². The number of carbonyl (C=O) groups excluding carboxylic acids is 4. The number of aliphatic hydroxyl groups is 6. The van der Waals surface area contributed by atoms with Crippen molar-refractivity contribution in [3.63, 3.8) is 0 Å². The molecule has 31 nitrogen and oxygen atoms in total. The third-order valence-corrected chi connectivity index (χ3v) is 36.9. The number of ether oxygens (including phenoxy) is 3. The highest BCUT2D eigenvalue weighted by Crippen LogP contribution is 2.71. The Balaban J connectivity index is 0.000000172. The Bertz CT molecular complexity index is 5450. The van der Waals surface area contributed by atoms with Gasteiger partial charge in [-0.3, -0.25) is 47.9 Å². The minimum absolute atomic E-state index is 0.00294. The standard InChI is InChI=1S/C48H67N6O9P.C43H55N5O7.C6H16NO3P/c1-7-44(58)26-30-27-47(43(57)50-19-23-64(60,62-9-3)63-10-4,38-32(16-21-53(28-30)29-44)31-14-11-12-15-35(31)51-38)34-24-33-36(25-37(34)61-6)52(5)40-46(33)18-22-54-20-13-17-45(8-2,39(46)54)41(55)48(40,59)42(49)56;1-6-39(52)21-25-22-42(38(51)55-5,33-27(13-17-47(23-25)24-39)26-11-8-9-12-30(26)45-33)29-19-28-31(20-32(29)54-4)46(3)35-41(28)15-18-48-16-10-14-40(7-2,34(41)48)36(49)43(35,53)37(44)50;1-3-9-11(8,6-5-7)10-4-2/h11-15,17,24-25,30,39-41,51,55,58-59H,7-10,16,18-23,26-29H2,1-6H3,(H2,49,56)(H,50,57);8-12,14,19-20,25,34-36,45,49,52-53H,6-7,13,15-18,21-24H2,1-5H3,(H2,44,50);3-7H2,1-2H3/t30-,39-,40+,41+,44-,45+,46+,47-,48-;25-,34-,35+,36+,39-,40+,41+,42-,43-;/m00./s1. The number of para-hydroxylation sites is 2. The van der Waals surface area contributed by atoms with Crippen molar-refractivity contribution in [1.82, 2.24) is 34.9 Å². The number of nitrogens with zero attached hydrogens (tertiary/aromatic N) is 6. The lowest BCUT2D eigenvalue weighted by atomic mass is 9.47. The van der Waals surface area contributed by atoms with Crippen molar-refractivity contribution in [2.45, 2.75) is 213 Å². The Hall–Kier alpha value is -7.62. The number of carbonyl (C=O) groups is 4. The first kappa shape index (κ1) is 95.5. The normalized spacial score (nSPS) is 35.0. The molecule has 6 fully saturated rings. The van der Waals surface area contributed by atoms with Gasteiger partial charge in [-0.1, -0.05) is 88.4 Å². The summed E-state index contributed by atoms with van der Waals surface area (Å²) in [5, 5.41) is 79.7. The lowest BCUT2D eigenvalue weighted by molar-refractivity contribution is -0.201. The van der Waals surface area contributed by atoms with E-state index in [-0.39, 0.29) is 62.2 Å². The number of esters is 1. The molecule has 4 bridgehead atoms. The summed E-state index contributed by atoms with van der Waals surface area (Å²) >= 11 is 0. The number of aromatic nitrogens is 2. The number of nitrogens with one attached hydrogen (secondary N) is 3. The van der Waals surface area contributed by atoms with Gasteiger partial charge in [-0.25, -0.2) is 0 Å². The van der Waals surface area contributed by atoms with Crippen LogP contribution in [-0.4, -0.2) is 295 Å². The number of hydrogen-bond acceptors (Lipinski definition) is 26. The molecule has 6 aromatic rings. The summed E-state index contributed by atoms with van der Waals surface area (Å²) in [6, 6.07) is 21.9. The van der Waals surface area contributed by atoms with E-state index < -0.39 is 112 Å². The highest BCUT2D eigenvalue weighted by Gasteiger charge is 2.81. The number of methoxy groups -OCH3 is 3. The van der Waals surface area contributed by atoms with Gasteiger partial charge in [0.2, 0.25) is 5.91 Å². The van der Waals surface area contributed by atoms with Crippen molar-refractivity contribution < 1.29 is 91.3 Å². The van der Waals surface area contributed by atoms with Crippen LogP contribution in [0.5, 0.6) is 11.5 Å². The van der Waals surface area contributed by atoms with Crippen LogP contribution in [0.4, 0.5) is 11.4 Å². The lowest BCUT2D eigenvalue weighted by Crippen LogP contribution is -2.81. The number of likely N-dealkylation sites (N-methyl/N-ethyl adjacent to an activating group) is 2. The second-order valence-electron chi connectivity index (χ2n) is 38.9. The molecule has 2 aromatic heterocycles. The second kappa shape index (κ2) is 35.6. The Kier molecular flexibility index (Phi) is 26.1. The maximum absolute atomic E-state index is 16.2. The van der Waals surface area contributed by atoms with Gasteiger partial charge in [-0.05, 0) is 176 Å². The summed E-state index contributed by atoms with van der Waals surface area (Å²) in [6.07, 6.45) is 11.5. The zero-order valence-corrected chi connectivity index (χ0v) is 79.7. The van der Waals surface area contributed by atoms with Gasteiger partial charge in [-0.2, -0.15) is 0 Å². The molecule has 3 amide bonds. The summed E-state index contributed by atoms with van der Waals surface area (Å²) in [5.74, 6) is -2.05. The van der Waals surface area contributed by atoms with E-state index in [1.54, 1.807) is 41.9 Å². The van der Waals surface area contributed by atoms with E-state index in [0.29, 0.717) is 172 Å². The highest BCUT2D eigenvalue weighted by molar-refractivity contribution is 7.54. The van der Waals surface area contributed by atoms with Crippen LogP contribution in [0.1, 0.15) is 164 Å². The monoisotopic (exact) mass is 1840 g/mol. The van der Waals surface area contributed by atoms with Gasteiger partial charge < -0.3 is 105 Å². The Morgan fingerprint density at radius 2 is 0.938 bits per heavy atom. The maximum atomic E-state index is 16.2. The van der Waals surface area contributed by atoms with Gasteiger partial charge in [-0.15, -0.1) is 0 Å². The van der Waals surface area contributed by atoms with Crippen LogP contribution in [-0.2, 0) is 85.6 Å². The number of H-pyrrole nitrogens is 2. The topological polar surface area (TPSA) is 430 Å². The molecule has 4 aromatic carbocycles. The molecule has 20 atom stereocenters. The fraction of sp³-hybridized carbons (Fsp3) is 0.629. The fourth-order valence-corrected chi connectivity index (χ4v) is 30.6. The van der Waals surface area contributed by atoms with E-state index in [0.717, 1.165) is 79.9 Å². The Labute approximate surface area is 762 Å². The van der Waals surface area contributed by atoms with Crippen molar-refractivity contribution in [2.24, 2.45) is 39.9 Å². The summed E-state index contributed by atoms with van der Waals surface area (Å²) in [4.78, 5) is 79.7. The van der Waals surface area contributed by atoms with E-state index in [2.05, 4.69) is 59.1 Å². The summed E-state index contributed by atoms with van der Waals surface area (Å²) < 4.78 is 65.2. The number of nitrogens with two attached hydrogens (primary N) is 3. The summed E-state index contributed by atoms with van der Waals surface area (Å²) in [5.41, 5.74) is 14.2. The quantitative estimate of drug-likeness (QED) is 0.0147. The number of aliphatic hydroxyl groups excluding tert-OH is 2. The average molecular weight is 1840 g/mol. The van der Waals surface area contributed by atoms with E-state index in [1.807, 2.05) is 124 Å². The number of rotatable bonds is 25. The molecule has 2 saturated carbocycles. The van der Waals surface area contributed by atoms with E-state index in [9.17, 15) is 49.4 Å². The van der Waals surface area contributed by atoms with Crippen LogP contribution in [0.3, 0.4) is 0 Å². The SMILES string of the molecule is CCOP(=O)(CCN)OCC.CCOP(=O)(CCNC(=O)[C@]1(c2cc3c(cc2OC)N(C)[C@H]2[C@@](O)(C(N)=O)[C@H](O)[C@]4(CC)C=CCN5CC[C@]32[C@@H]54)C[C@H]2CN(CCc3c1[nH]c1ccccc31)C[C@](O)(CC)C2)OCC.CC[C@]1(O)C[C@@H]2CN(CCc3c([nH]c4ccccc34)[C@@](C(=O)OC)(c3cc4c(cc3OC)N(C)[C@H]3[C@@](O)(C(N)=O)[C@H](O)[C@]5(CC)C=CCN6CC[C@]43[C@@H]65)C2)C1. The molecule has 2 aliphatic carbocycles. The zero-order valence-electron chi connectivity index (χ0n) is 77.9. The Morgan fingerprint density at radius 1 is 0.531 bits per heavy atom. The number of amides is 3. The molecule has 12 aliphatic rings. The molecule has 33 heteroatoms. The molecular weight excluding hydrogens is 1700 g/mol. The van der Waals surface area contributed by atoms with Crippen molar-refractivity contribution in [3.05, 3.63) is 142 Å². The number of benzene rings is 4. The van der Waals surface area contributed by atoms with Gasteiger partial charge in [0.15, 0.2) is 11.2 Å². The van der Waals surface area contributed by atoms with E-state index >= 15 is 9.59 Å². The first-order valence-electron chi connectivity index (χ1n) is 47.1. The minimum Gasteiger partial charge on any atom is -0.496 e. The molecular formula is C97H138N12O19P2. The molecule has 12 heterocycles. The maximum Gasteiger partial charge on any atom is 0.332 e. The number of aromatic amines is 2. The van der Waals surface area contributed by atoms with Crippen LogP contribution in [0.15, 0.2) is 97.1 Å². The number of anilines is 2. The van der Waals surface area contributed by atoms with Crippen LogP contribution < -0.4 is 41.8 Å². The van der Waals surface area contributed by atoms with Gasteiger partial charge in [0.05, 0.1) is 83.4 Å². The molecule has 2 unspecified atom stereocenters. The first-order valence-corrected chi connectivity index (χ1v) is 50.6. The van der Waals surface area contributed by atoms with E-state index in [4.69, 9.17) is 49.5 Å². The van der Waals surface area contributed by atoms with Crippen molar-refractivity contribution in [2.75, 3.05) is 163 Å². The fourth-order valence-electron chi connectivity index (χ4n) is 27.7. The van der Waals surface area contributed by atoms with Crippen LogP contribution in [0, 0.1) is 22.7 Å². The predicted octanol–water partition coefficient (Wildman–Crippen LogP) is 7.89. The third kappa shape index (κ3) is 14.4. The molecule has 4 saturated heterocycles.